The van der Waals surface area contributed by atoms with Gasteiger partial charge in [-0.15, -0.1) is 11.3 Å². The number of nitrogens with zero attached hydrogens (tertiary/aromatic N) is 2. The SMILES string of the molecule is O=C(c1csc(Br)c1)N1CCN(C2CCNC2)CC1. The molecule has 3 heterocycles. The molecule has 2 aliphatic rings. The average Bonchev–Trinajstić information content (AvgIpc) is 3.09. The Morgan fingerprint density at radius 1 is 1.37 bits per heavy atom. The predicted octanol–water partition coefficient (Wildman–Crippen LogP) is 1.63. The van der Waals surface area contributed by atoms with Gasteiger partial charge in [0.2, 0.25) is 0 Å². The van der Waals surface area contributed by atoms with E-state index in [1.54, 1.807) is 11.3 Å². The Bertz CT molecular complexity index is 450. The summed E-state index contributed by atoms with van der Waals surface area (Å²) in [5, 5.41) is 5.34. The van der Waals surface area contributed by atoms with Gasteiger partial charge in [0.1, 0.15) is 0 Å². The molecule has 0 aromatic carbocycles. The molecule has 0 radical (unpaired) electrons. The summed E-state index contributed by atoms with van der Waals surface area (Å²) in [7, 11) is 0. The first-order chi connectivity index (χ1) is 9.24. The highest BCUT2D eigenvalue weighted by Crippen LogP contribution is 2.22. The number of rotatable bonds is 2. The predicted molar refractivity (Wildman–Crippen MR) is 80.8 cm³/mol. The molecule has 104 valence electrons. The molecule has 19 heavy (non-hydrogen) atoms. The van der Waals surface area contributed by atoms with Crippen molar-refractivity contribution in [2.75, 3.05) is 39.3 Å². The van der Waals surface area contributed by atoms with Gasteiger partial charge in [0.05, 0.1) is 9.35 Å². The molecule has 2 aliphatic heterocycles. The van der Waals surface area contributed by atoms with E-state index in [-0.39, 0.29) is 5.91 Å². The topological polar surface area (TPSA) is 35.6 Å². The van der Waals surface area contributed by atoms with Gasteiger partial charge in [-0.1, -0.05) is 0 Å². The summed E-state index contributed by atoms with van der Waals surface area (Å²) in [5.41, 5.74) is 0.813. The van der Waals surface area contributed by atoms with Gasteiger partial charge in [-0.2, -0.15) is 0 Å². The molecule has 1 N–H and O–H groups in total. The van der Waals surface area contributed by atoms with E-state index in [4.69, 9.17) is 0 Å². The second-order valence-corrected chi connectivity index (χ2v) is 7.40. The van der Waals surface area contributed by atoms with Crippen LogP contribution < -0.4 is 5.32 Å². The van der Waals surface area contributed by atoms with Gasteiger partial charge in [-0.05, 0) is 35.0 Å². The quantitative estimate of drug-likeness (QED) is 0.886. The largest absolute Gasteiger partial charge is 0.336 e. The Labute approximate surface area is 125 Å². The molecule has 0 aliphatic carbocycles. The molecule has 1 aromatic heterocycles. The molecule has 4 nitrogen and oxygen atoms in total. The monoisotopic (exact) mass is 343 g/mol. The highest BCUT2D eigenvalue weighted by molar-refractivity contribution is 9.11. The zero-order chi connectivity index (χ0) is 13.2. The molecule has 0 saturated carbocycles. The highest BCUT2D eigenvalue weighted by atomic mass is 79.9. The van der Waals surface area contributed by atoms with Crippen molar-refractivity contribution >= 4 is 33.2 Å². The third-order valence-electron chi connectivity index (χ3n) is 3.97. The first-order valence-corrected chi connectivity index (χ1v) is 8.39. The number of nitrogens with one attached hydrogen (secondary N) is 1. The zero-order valence-corrected chi connectivity index (χ0v) is 13.2. The van der Waals surface area contributed by atoms with Crippen molar-refractivity contribution in [1.82, 2.24) is 15.1 Å². The second-order valence-electron chi connectivity index (χ2n) is 5.11. The lowest BCUT2D eigenvalue weighted by atomic mass is 10.2. The van der Waals surface area contributed by atoms with Crippen molar-refractivity contribution in [2.45, 2.75) is 12.5 Å². The van der Waals surface area contributed by atoms with Gasteiger partial charge in [-0.3, -0.25) is 9.69 Å². The van der Waals surface area contributed by atoms with Crippen molar-refractivity contribution < 1.29 is 4.79 Å². The number of carbonyl (C=O) groups excluding carboxylic acids is 1. The summed E-state index contributed by atoms with van der Waals surface area (Å²) >= 11 is 4.98. The maximum absolute atomic E-state index is 12.3. The summed E-state index contributed by atoms with van der Waals surface area (Å²) in [5.74, 6) is 0.172. The number of amides is 1. The molecule has 2 saturated heterocycles. The molecule has 1 aromatic rings. The van der Waals surface area contributed by atoms with Crippen LogP contribution in [0.25, 0.3) is 0 Å². The van der Waals surface area contributed by atoms with E-state index in [0.29, 0.717) is 6.04 Å². The minimum Gasteiger partial charge on any atom is -0.336 e. The van der Waals surface area contributed by atoms with Crippen LogP contribution >= 0.6 is 27.3 Å². The van der Waals surface area contributed by atoms with Crippen molar-refractivity contribution in [3.05, 3.63) is 20.8 Å². The van der Waals surface area contributed by atoms with Crippen LogP contribution in [-0.4, -0.2) is 61.0 Å². The summed E-state index contributed by atoms with van der Waals surface area (Å²) in [6.45, 7) is 5.94. The Morgan fingerprint density at radius 3 is 2.74 bits per heavy atom. The number of hydrogen-bond acceptors (Lipinski definition) is 4. The van der Waals surface area contributed by atoms with Crippen molar-refractivity contribution in [3.63, 3.8) is 0 Å². The van der Waals surface area contributed by atoms with E-state index < -0.39 is 0 Å². The normalized spacial score (nSPS) is 24.9. The average molecular weight is 344 g/mol. The lowest BCUT2D eigenvalue weighted by Crippen LogP contribution is -2.52. The minimum absolute atomic E-state index is 0.172. The molecular formula is C13H18BrN3OS. The van der Waals surface area contributed by atoms with E-state index in [1.165, 1.54) is 6.42 Å². The first-order valence-electron chi connectivity index (χ1n) is 6.72. The molecule has 2 fully saturated rings. The number of piperazine rings is 1. The molecule has 0 spiro atoms. The molecule has 0 bridgehead atoms. The number of carbonyl (C=O) groups is 1. The van der Waals surface area contributed by atoms with Gasteiger partial charge in [0.15, 0.2) is 0 Å². The summed E-state index contributed by atoms with van der Waals surface area (Å²) in [6, 6.07) is 2.59. The molecular weight excluding hydrogens is 326 g/mol. The van der Waals surface area contributed by atoms with Crippen LogP contribution in [0.3, 0.4) is 0 Å². The van der Waals surface area contributed by atoms with E-state index >= 15 is 0 Å². The second kappa shape index (κ2) is 5.91. The van der Waals surface area contributed by atoms with Gasteiger partial charge >= 0.3 is 0 Å². The Kier molecular flexibility index (Phi) is 4.21. The first kappa shape index (κ1) is 13.5. The molecule has 1 amide bonds. The molecule has 1 atom stereocenters. The standard InChI is InChI=1S/C13H18BrN3OS/c14-12-7-10(9-19-12)13(18)17-5-3-16(4-6-17)11-1-2-15-8-11/h7,9,11,15H,1-6,8H2. The lowest BCUT2D eigenvalue weighted by molar-refractivity contribution is 0.0584. The van der Waals surface area contributed by atoms with Crippen molar-refractivity contribution in [2.24, 2.45) is 0 Å². The van der Waals surface area contributed by atoms with Crippen LogP contribution in [0.5, 0.6) is 0 Å². The van der Waals surface area contributed by atoms with Crippen LogP contribution in [0.1, 0.15) is 16.8 Å². The van der Waals surface area contributed by atoms with E-state index in [0.717, 1.165) is 48.6 Å². The summed E-state index contributed by atoms with van der Waals surface area (Å²) in [4.78, 5) is 16.8. The van der Waals surface area contributed by atoms with E-state index in [2.05, 4.69) is 26.1 Å². The molecule has 6 heteroatoms. The zero-order valence-electron chi connectivity index (χ0n) is 10.8. The number of hydrogen-bond donors (Lipinski definition) is 1. The van der Waals surface area contributed by atoms with Gasteiger partial charge in [0.25, 0.3) is 5.91 Å². The Hall–Kier alpha value is -0.430. The number of halogens is 1. The van der Waals surface area contributed by atoms with Crippen LogP contribution in [-0.2, 0) is 0 Å². The Balaban J connectivity index is 1.56. The van der Waals surface area contributed by atoms with Crippen LogP contribution in [0, 0.1) is 0 Å². The van der Waals surface area contributed by atoms with Gasteiger partial charge in [-0.25, -0.2) is 0 Å². The Morgan fingerprint density at radius 2 is 2.16 bits per heavy atom. The van der Waals surface area contributed by atoms with E-state index in [9.17, 15) is 4.79 Å². The third kappa shape index (κ3) is 3.02. The fourth-order valence-corrected chi connectivity index (χ4v) is 3.98. The molecule has 1 unspecified atom stereocenters. The summed E-state index contributed by atoms with van der Waals surface area (Å²) < 4.78 is 1.02. The van der Waals surface area contributed by atoms with Crippen LogP contribution in [0.4, 0.5) is 0 Å². The highest BCUT2D eigenvalue weighted by Gasteiger charge is 2.28. The van der Waals surface area contributed by atoms with Crippen LogP contribution in [0.15, 0.2) is 15.2 Å². The summed E-state index contributed by atoms with van der Waals surface area (Å²) in [6.07, 6.45) is 1.24. The number of thiophene rings is 1. The fraction of sp³-hybridized carbons (Fsp3) is 0.615. The minimum atomic E-state index is 0.172. The van der Waals surface area contributed by atoms with Crippen LogP contribution in [0.2, 0.25) is 0 Å². The van der Waals surface area contributed by atoms with E-state index in [1.807, 2.05) is 16.3 Å². The molecule has 3 rings (SSSR count). The van der Waals surface area contributed by atoms with Gasteiger partial charge < -0.3 is 10.2 Å². The van der Waals surface area contributed by atoms with Gasteiger partial charge in [0, 0.05) is 44.1 Å². The maximum Gasteiger partial charge on any atom is 0.254 e. The smallest absolute Gasteiger partial charge is 0.254 e. The lowest BCUT2D eigenvalue weighted by Gasteiger charge is -2.37. The van der Waals surface area contributed by atoms with Crippen molar-refractivity contribution in [3.8, 4) is 0 Å². The fourth-order valence-electron chi connectivity index (χ4n) is 2.85. The third-order valence-corrected chi connectivity index (χ3v) is 5.47. The maximum atomic E-state index is 12.3. The van der Waals surface area contributed by atoms with Crippen molar-refractivity contribution in [1.29, 1.82) is 0 Å².